The summed E-state index contributed by atoms with van der Waals surface area (Å²) in [5, 5.41) is 11.7. The van der Waals surface area contributed by atoms with E-state index in [1.54, 1.807) is 37.4 Å². The van der Waals surface area contributed by atoms with Crippen LogP contribution in [-0.2, 0) is 9.53 Å². The van der Waals surface area contributed by atoms with Crippen LogP contribution < -0.4 is 25.0 Å². The number of rotatable bonds is 17. The molecular weight excluding hydrogens is 620 g/mol. The number of benzene rings is 2. The highest BCUT2D eigenvalue weighted by molar-refractivity contribution is 6.02. The number of nitrogens with zero attached hydrogens (tertiary/aromatic N) is 6. The molecule has 0 bridgehead atoms. The fourth-order valence-corrected chi connectivity index (χ4v) is 5.53. The summed E-state index contributed by atoms with van der Waals surface area (Å²) in [6.07, 6.45) is 12.7. The number of fused-ring (bicyclic) bond motifs is 1. The molecule has 12 nitrogen and oxygen atoms in total. The lowest BCUT2D eigenvalue weighted by Crippen LogP contribution is -2.32. The number of carbonyl (C=O) groups excluding carboxylic acids is 1. The fourth-order valence-electron chi connectivity index (χ4n) is 5.53. The first-order valence-electron chi connectivity index (χ1n) is 17.2. The van der Waals surface area contributed by atoms with E-state index in [1.165, 1.54) is 44.6 Å². The summed E-state index contributed by atoms with van der Waals surface area (Å²) < 4.78 is 18.3. The second-order valence-electron chi connectivity index (χ2n) is 11.9. The van der Waals surface area contributed by atoms with Crippen LogP contribution in [0.3, 0.4) is 0 Å². The molecule has 4 aromatic rings. The standard InChI is InChI=1S/C31H38N8O4.C6H14/c1-5-30(40)34-24-19-25(28(42-4)20-27(24)37(2)14-15-38-12-6-7-13-38)35-31-32-11-10-29(36-31)39-26-9-8-23(43-17-16-41-3)18-22(26)21-33-39;1-3-5-6-4-2/h5,8-11,18-21H,1,6-7,12-17H2,2-4H3,(H,34,40)(H,32,35,36);3-6H2,1-2H3. The minimum absolute atomic E-state index is 0.304. The van der Waals surface area contributed by atoms with Crippen molar-refractivity contribution in [3.63, 3.8) is 0 Å². The molecule has 1 saturated heterocycles. The number of hydrogen-bond donors (Lipinski definition) is 2. The first kappa shape index (κ1) is 37.1. The lowest BCUT2D eigenvalue weighted by atomic mass is 10.2. The van der Waals surface area contributed by atoms with E-state index in [2.05, 4.69) is 50.9 Å². The van der Waals surface area contributed by atoms with Gasteiger partial charge in [-0.2, -0.15) is 10.1 Å². The number of hydrogen-bond acceptors (Lipinski definition) is 10. The molecule has 2 aromatic heterocycles. The van der Waals surface area contributed by atoms with Crippen LogP contribution in [0.5, 0.6) is 11.5 Å². The highest BCUT2D eigenvalue weighted by Gasteiger charge is 2.18. The van der Waals surface area contributed by atoms with Crippen LogP contribution in [0.2, 0.25) is 0 Å². The molecule has 5 rings (SSSR count). The summed E-state index contributed by atoms with van der Waals surface area (Å²) in [6.45, 7) is 13.0. The molecule has 0 aliphatic carbocycles. The molecule has 3 heterocycles. The minimum atomic E-state index is -0.304. The summed E-state index contributed by atoms with van der Waals surface area (Å²) in [6, 6.07) is 11.3. The number of carbonyl (C=O) groups is 1. The summed E-state index contributed by atoms with van der Waals surface area (Å²) in [7, 11) is 5.26. The van der Waals surface area contributed by atoms with Gasteiger partial charge in [0.25, 0.3) is 0 Å². The van der Waals surface area contributed by atoms with Gasteiger partial charge in [-0.05, 0) is 56.3 Å². The van der Waals surface area contributed by atoms with Crippen molar-refractivity contribution in [2.45, 2.75) is 52.4 Å². The summed E-state index contributed by atoms with van der Waals surface area (Å²) in [4.78, 5) is 26.1. The van der Waals surface area contributed by atoms with Crippen molar-refractivity contribution in [3.05, 3.63) is 61.4 Å². The molecule has 0 spiro atoms. The van der Waals surface area contributed by atoms with Crippen LogP contribution in [0, 0.1) is 0 Å². The largest absolute Gasteiger partial charge is 0.494 e. The van der Waals surface area contributed by atoms with E-state index >= 15 is 0 Å². The molecule has 264 valence electrons. The Kier molecular flexibility index (Phi) is 14.7. The van der Waals surface area contributed by atoms with E-state index in [1.807, 2.05) is 37.4 Å². The molecule has 2 aromatic carbocycles. The van der Waals surface area contributed by atoms with Crippen molar-refractivity contribution in [2.75, 3.05) is 76.2 Å². The van der Waals surface area contributed by atoms with Crippen LogP contribution in [0.15, 0.2) is 61.4 Å². The predicted molar refractivity (Wildman–Crippen MR) is 198 cm³/mol. The maximum atomic E-state index is 12.4. The molecule has 2 N–H and O–H groups in total. The SMILES string of the molecule is C=CC(=O)Nc1cc(Nc2nccc(-n3ncc4cc(OCCOC)ccc43)n2)c(OC)cc1N(C)CCN1CCCC1.CCCCCC. The quantitative estimate of drug-likeness (QED) is 0.0912. The molecule has 1 aliphatic heterocycles. The Balaban J connectivity index is 0.000000827. The Labute approximate surface area is 290 Å². The lowest BCUT2D eigenvalue weighted by molar-refractivity contribution is -0.111. The average molecular weight is 673 g/mol. The molecule has 1 fully saturated rings. The highest BCUT2D eigenvalue weighted by Crippen LogP contribution is 2.38. The van der Waals surface area contributed by atoms with Crippen LogP contribution >= 0.6 is 0 Å². The third-order valence-electron chi connectivity index (χ3n) is 8.28. The van der Waals surface area contributed by atoms with Crippen molar-refractivity contribution in [2.24, 2.45) is 0 Å². The molecule has 0 saturated carbocycles. The van der Waals surface area contributed by atoms with Gasteiger partial charge in [-0.15, -0.1) is 0 Å². The van der Waals surface area contributed by atoms with Crippen LogP contribution in [-0.4, -0.2) is 91.2 Å². The number of likely N-dealkylation sites (tertiary alicyclic amines) is 1. The van der Waals surface area contributed by atoms with E-state index in [4.69, 9.17) is 19.2 Å². The zero-order chi connectivity index (χ0) is 35.0. The minimum Gasteiger partial charge on any atom is -0.494 e. The van der Waals surface area contributed by atoms with Gasteiger partial charge in [0, 0.05) is 51.0 Å². The summed E-state index contributed by atoms with van der Waals surface area (Å²) in [5.74, 6) is 1.94. The summed E-state index contributed by atoms with van der Waals surface area (Å²) >= 11 is 0. The van der Waals surface area contributed by atoms with Gasteiger partial charge in [0.2, 0.25) is 11.9 Å². The monoisotopic (exact) mass is 672 g/mol. The summed E-state index contributed by atoms with van der Waals surface area (Å²) in [5.41, 5.74) is 2.92. The van der Waals surface area contributed by atoms with Gasteiger partial charge in [0.15, 0.2) is 5.82 Å². The fraction of sp³-hybridized carbons (Fsp3) is 0.459. The smallest absolute Gasteiger partial charge is 0.247 e. The highest BCUT2D eigenvalue weighted by atomic mass is 16.5. The maximum absolute atomic E-state index is 12.4. The van der Waals surface area contributed by atoms with Crippen LogP contribution in [0.4, 0.5) is 23.0 Å². The van der Waals surface area contributed by atoms with E-state index in [0.29, 0.717) is 42.1 Å². The number of ether oxygens (including phenoxy) is 3. The Morgan fingerprint density at radius 2 is 1.82 bits per heavy atom. The zero-order valence-corrected chi connectivity index (χ0v) is 29.7. The van der Waals surface area contributed by atoms with Crippen molar-refractivity contribution in [1.82, 2.24) is 24.6 Å². The lowest BCUT2D eigenvalue weighted by Gasteiger charge is -2.26. The van der Waals surface area contributed by atoms with Gasteiger partial charge in [0.1, 0.15) is 18.1 Å². The zero-order valence-electron chi connectivity index (χ0n) is 29.7. The molecular formula is C37H52N8O4. The first-order chi connectivity index (χ1) is 23.9. The van der Waals surface area contributed by atoms with Gasteiger partial charge < -0.3 is 34.6 Å². The third-order valence-corrected chi connectivity index (χ3v) is 8.28. The second-order valence-corrected chi connectivity index (χ2v) is 11.9. The van der Waals surface area contributed by atoms with Crippen molar-refractivity contribution < 1.29 is 19.0 Å². The number of methoxy groups -OCH3 is 2. The Morgan fingerprint density at radius 3 is 2.51 bits per heavy atom. The van der Waals surface area contributed by atoms with Gasteiger partial charge in [-0.3, -0.25) is 4.79 Å². The molecule has 0 atom stereocenters. The van der Waals surface area contributed by atoms with Gasteiger partial charge in [-0.1, -0.05) is 46.1 Å². The van der Waals surface area contributed by atoms with Crippen molar-refractivity contribution in [3.8, 4) is 17.3 Å². The van der Waals surface area contributed by atoms with E-state index in [-0.39, 0.29) is 5.91 Å². The number of aromatic nitrogens is 4. The number of nitrogens with one attached hydrogen (secondary N) is 2. The molecule has 1 aliphatic rings. The molecule has 0 unspecified atom stereocenters. The predicted octanol–water partition coefficient (Wildman–Crippen LogP) is 6.84. The van der Waals surface area contributed by atoms with Gasteiger partial charge in [-0.25, -0.2) is 9.67 Å². The molecule has 0 radical (unpaired) electrons. The third kappa shape index (κ3) is 10.7. The van der Waals surface area contributed by atoms with Gasteiger partial charge >= 0.3 is 0 Å². The number of anilines is 4. The number of unbranched alkanes of at least 4 members (excludes halogenated alkanes) is 3. The van der Waals surface area contributed by atoms with Crippen LogP contribution in [0.25, 0.3) is 16.7 Å². The van der Waals surface area contributed by atoms with Crippen molar-refractivity contribution in [1.29, 1.82) is 0 Å². The van der Waals surface area contributed by atoms with Crippen LogP contribution in [0.1, 0.15) is 52.4 Å². The number of likely N-dealkylation sites (N-methyl/N-ethyl adjacent to an activating group) is 1. The first-order valence-corrected chi connectivity index (χ1v) is 17.2. The Morgan fingerprint density at radius 1 is 1.04 bits per heavy atom. The van der Waals surface area contributed by atoms with E-state index < -0.39 is 0 Å². The molecule has 12 heteroatoms. The maximum Gasteiger partial charge on any atom is 0.247 e. The topological polar surface area (TPSA) is 119 Å². The Bertz CT molecular complexity index is 1630. The van der Waals surface area contributed by atoms with Gasteiger partial charge in [0.05, 0.1) is 42.5 Å². The second kappa shape index (κ2) is 19.4. The molecule has 49 heavy (non-hydrogen) atoms. The normalized spacial score (nSPS) is 12.7. The number of amides is 1. The van der Waals surface area contributed by atoms with Crippen molar-refractivity contribution >= 4 is 39.8 Å². The Hall–Kier alpha value is -4.68. The van der Waals surface area contributed by atoms with E-state index in [9.17, 15) is 4.79 Å². The van der Waals surface area contributed by atoms with E-state index in [0.717, 1.165) is 48.5 Å². The average Bonchev–Trinajstić information content (AvgIpc) is 3.80. The molecule has 1 amide bonds.